The zero-order valence-electron chi connectivity index (χ0n) is 12.5. The van der Waals surface area contributed by atoms with Gasteiger partial charge in [0.05, 0.1) is 6.54 Å². The highest BCUT2D eigenvalue weighted by molar-refractivity contribution is 5.73. The number of imidazole rings is 1. The molecule has 3 rings (SSSR count). The third kappa shape index (κ3) is 2.80. The Morgan fingerprint density at radius 2 is 1.73 bits per heavy atom. The van der Waals surface area contributed by atoms with Crippen LogP contribution in [0, 0.1) is 0 Å². The molecule has 0 spiro atoms. The molecule has 3 N–H and O–H groups in total. The van der Waals surface area contributed by atoms with E-state index in [0.29, 0.717) is 12.5 Å². The molecule has 1 heterocycles. The van der Waals surface area contributed by atoms with E-state index in [2.05, 4.69) is 17.6 Å². The third-order valence-electron chi connectivity index (χ3n) is 3.87. The van der Waals surface area contributed by atoms with Gasteiger partial charge < -0.3 is 17.5 Å². The Kier molecular flexibility index (Phi) is 5.06. The summed E-state index contributed by atoms with van der Waals surface area (Å²) in [5.41, 5.74) is 9.31. The maximum absolute atomic E-state index is 10.5. The Bertz CT molecular complexity index is 755. The molecule has 0 aliphatic carbocycles. The van der Waals surface area contributed by atoms with Crippen LogP contribution < -0.4 is 22.7 Å². The van der Waals surface area contributed by atoms with Gasteiger partial charge in [0, 0.05) is 0 Å². The monoisotopic (exact) mass is 317 g/mol. The number of aromatic nitrogens is 2. The number of nitrogens with zero attached hydrogens (tertiary/aromatic N) is 2. The van der Waals surface area contributed by atoms with Crippen LogP contribution in [0.1, 0.15) is 18.6 Å². The maximum Gasteiger partial charge on any atom is 0.356 e. The number of aliphatic hydroxyl groups is 1. The molecule has 22 heavy (non-hydrogen) atoms. The number of hydrogen-bond acceptors (Lipinski definition) is 2. The molecule has 0 fully saturated rings. The molecule has 1 unspecified atom stereocenters. The highest BCUT2D eigenvalue weighted by atomic mass is 35.5. The van der Waals surface area contributed by atoms with Crippen molar-refractivity contribution in [1.29, 1.82) is 0 Å². The minimum absolute atomic E-state index is 0. The molecule has 2 aromatic carbocycles. The Hall–Kier alpha value is -2.04. The van der Waals surface area contributed by atoms with Crippen molar-refractivity contribution in [1.82, 2.24) is 4.57 Å². The summed E-state index contributed by atoms with van der Waals surface area (Å²) in [6.07, 6.45) is -0.574. The molecule has 0 bridgehead atoms. The van der Waals surface area contributed by atoms with Gasteiger partial charge in [0.2, 0.25) is 0 Å². The smallest absolute Gasteiger partial charge is 0.356 e. The molecule has 0 saturated carbocycles. The number of anilines is 1. The second-order valence-corrected chi connectivity index (χ2v) is 5.13. The fourth-order valence-corrected chi connectivity index (χ4v) is 2.79. The van der Waals surface area contributed by atoms with E-state index in [0.717, 1.165) is 23.1 Å². The summed E-state index contributed by atoms with van der Waals surface area (Å²) in [5.74, 6) is 0.675. The van der Waals surface area contributed by atoms with E-state index < -0.39 is 6.10 Å². The van der Waals surface area contributed by atoms with Crippen molar-refractivity contribution >= 4 is 17.0 Å². The van der Waals surface area contributed by atoms with Crippen LogP contribution in [0.2, 0.25) is 0 Å². The van der Waals surface area contributed by atoms with E-state index in [9.17, 15) is 5.11 Å². The van der Waals surface area contributed by atoms with E-state index >= 15 is 0 Å². The Labute approximate surface area is 136 Å². The normalized spacial score (nSPS) is 12.1. The first-order chi connectivity index (χ1) is 10.2. The van der Waals surface area contributed by atoms with Crippen molar-refractivity contribution in [3.8, 4) is 0 Å². The van der Waals surface area contributed by atoms with Crippen molar-refractivity contribution in [3.05, 3.63) is 60.2 Å². The number of para-hydroxylation sites is 2. The summed E-state index contributed by atoms with van der Waals surface area (Å²) in [7, 11) is 0. The number of hydrogen-bond donors (Lipinski definition) is 2. The van der Waals surface area contributed by atoms with Crippen molar-refractivity contribution in [2.45, 2.75) is 26.1 Å². The first-order valence-corrected chi connectivity index (χ1v) is 7.22. The number of aliphatic hydroxyl groups excluding tert-OH is 1. The van der Waals surface area contributed by atoms with Crippen molar-refractivity contribution in [3.63, 3.8) is 0 Å². The lowest BCUT2D eigenvalue weighted by atomic mass is 10.1. The van der Waals surface area contributed by atoms with Gasteiger partial charge in [-0.05, 0) is 24.6 Å². The molecule has 1 aromatic heterocycles. The van der Waals surface area contributed by atoms with Crippen molar-refractivity contribution in [2.75, 3.05) is 5.73 Å². The maximum atomic E-state index is 10.5. The molecule has 0 aliphatic heterocycles. The number of rotatable bonds is 4. The predicted molar refractivity (Wildman–Crippen MR) is 83.6 cm³/mol. The SMILES string of the molecule is CCn1c(N)[n+](CC(O)c2ccccc2)c2ccccc21.[Cl-]. The first-order valence-electron chi connectivity index (χ1n) is 7.22. The lowest BCUT2D eigenvalue weighted by Gasteiger charge is -2.10. The second-order valence-electron chi connectivity index (χ2n) is 5.13. The van der Waals surface area contributed by atoms with Gasteiger partial charge >= 0.3 is 5.95 Å². The summed E-state index contributed by atoms with van der Waals surface area (Å²) < 4.78 is 4.05. The summed E-state index contributed by atoms with van der Waals surface area (Å²) in [6, 6.07) is 17.8. The van der Waals surface area contributed by atoms with Gasteiger partial charge in [-0.25, -0.2) is 9.13 Å². The van der Waals surface area contributed by atoms with Gasteiger partial charge in [-0.2, -0.15) is 0 Å². The number of halogens is 1. The van der Waals surface area contributed by atoms with Gasteiger partial charge in [0.15, 0.2) is 0 Å². The van der Waals surface area contributed by atoms with Gasteiger partial charge in [-0.15, -0.1) is 0 Å². The van der Waals surface area contributed by atoms with Gasteiger partial charge in [-0.3, -0.25) is 5.73 Å². The van der Waals surface area contributed by atoms with Crippen LogP contribution in [-0.4, -0.2) is 9.67 Å². The van der Waals surface area contributed by atoms with Crippen molar-refractivity contribution in [2.24, 2.45) is 0 Å². The molecule has 0 amide bonds. The quantitative estimate of drug-likeness (QED) is 0.623. The molecule has 3 aromatic rings. The summed E-state index contributed by atoms with van der Waals surface area (Å²) in [6.45, 7) is 3.32. The zero-order valence-corrected chi connectivity index (χ0v) is 13.2. The Balaban J connectivity index is 0.00000176. The summed E-state index contributed by atoms with van der Waals surface area (Å²) in [5, 5.41) is 10.5. The highest BCUT2D eigenvalue weighted by Crippen LogP contribution is 2.19. The fourth-order valence-electron chi connectivity index (χ4n) is 2.79. The van der Waals surface area contributed by atoms with E-state index in [1.165, 1.54) is 0 Å². The van der Waals surface area contributed by atoms with E-state index in [-0.39, 0.29) is 12.4 Å². The topological polar surface area (TPSA) is 55.1 Å². The van der Waals surface area contributed by atoms with Crippen LogP contribution in [0.5, 0.6) is 0 Å². The van der Waals surface area contributed by atoms with E-state index in [4.69, 9.17) is 5.73 Å². The highest BCUT2D eigenvalue weighted by Gasteiger charge is 2.22. The number of fused-ring (bicyclic) bond motifs is 1. The Morgan fingerprint density at radius 3 is 2.41 bits per heavy atom. The molecular formula is C17H20ClN3O. The Morgan fingerprint density at radius 1 is 1.09 bits per heavy atom. The van der Waals surface area contributed by atoms with Gasteiger partial charge in [0.1, 0.15) is 23.7 Å². The molecule has 0 aliphatic rings. The lowest BCUT2D eigenvalue weighted by molar-refractivity contribution is -0.666. The number of aryl methyl sites for hydroxylation is 1. The van der Waals surface area contributed by atoms with Gasteiger partial charge in [-0.1, -0.05) is 42.5 Å². The molecule has 0 radical (unpaired) electrons. The number of benzene rings is 2. The molecule has 116 valence electrons. The lowest BCUT2D eigenvalue weighted by Crippen LogP contribution is -3.00. The summed E-state index contributed by atoms with van der Waals surface area (Å²) >= 11 is 0. The molecular weight excluding hydrogens is 298 g/mol. The average molecular weight is 318 g/mol. The zero-order chi connectivity index (χ0) is 14.8. The second kappa shape index (κ2) is 6.81. The van der Waals surface area contributed by atoms with E-state index in [1.807, 2.05) is 53.1 Å². The van der Waals surface area contributed by atoms with E-state index in [1.54, 1.807) is 0 Å². The number of nitrogen functional groups attached to an aromatic ring is 1. The van der Waals surface area contributed by atoms with Crippen LogP contribution in [0.3, 0.4) is 0 Å². The van der Waals surface area contributed by atoms with Crippen LogP contribution >= 0.6 is 0 Å². The first kappa shape index (κ1) is 16.3. The predicted octanol–water partition coefficient (Wildman–Crippen LogP) is -0.732. The standard InChI is InChI=1S/C17H19N3O.ClH/c1-2-19-14-10-6-7-11-15(14)20(17(19)18)12-16(21)13-8-4-3-5-9-13;/h3-11,16,18,21H,2,12H2,1H3;1H. The van der Waals surface area contributed by atoms with Crippen LogP contribution in [0.15, 0.2) is 54.6 Å². The molecule has 4 nitrogen and oxygen atoms in total. The largest absolute Gasteiger partial charge is 1.00 e. The van der Waals surface area contributed by atoms with Crippen LogP contribution in [0.25, 0.3) is 11.0 Å². The van der Waals surface area contributed by atoms with Crippen LogP contribution in [-0.2, 0) is 13.1 Å². The average Bonchev–Trinajstić information content (AvgIpc) is 2.80. The van der Waals surface area contributed by atoms with Gasteiger partial charge in [0.25, 0.3) is 0 Å². The van der Waals surface area contributed by atoms with Crippen molar-refractivity contribution < 1.29 is 22.1 Å². The molecule has 5 heteroatoms. The van der Waals surface area contributed by atoms with Crippen LogP contribution in [0.4, 0.5) is 5.95 Å². The number of nitrogens with two attached hydrogens (primary N) is 1. The molecule has 1 atom stereocenters. The third-order valence-corrected chi connectivity index (χ3v) is 3.87. The molecule has 0 saturated heterocycles. The fraction of sp³-hybridized carbons (Fsp3) is 0.235. The minimum Gasteiger partial charge on any atom is -1.00 e. The minimum atomic E-state index is -0.574. The summed E-state index contributed by atoms with van der Waals surface area (Å²) in [4.78, 5) is 0.